The molecular weight excluding hydrogens is 487 g/mol. The summed E-state index contributed by atoms with van der Waals surface area (Å²) >= 11 is 0. The van der Waals surface area contributed by atoms with Crippen LogP contribution in [-0.2, 0) is 25.8 Å². The number of rotatable bonds is 5. The van der Waals surface area contributed by atoms with Crippen LogP contribution in [0.2, 0.25) is 0 Å². The Kier molecular flexibility index (Phi) is 8.16. The predicted molar refractivity (Wildman–Crippen MR) is 134 cm³/mol. The van der Waals surface area contributed by atoms with Crippen molar-refractivity contribution in [1.82, 2.24) is 25.3 Å². The first-order chi connectivity index (χ1) is 14.1. The molecule has 7 heteroatoms. The number of benzene rings is 1. The molecule has 2 aromatic rings. The van der Waals surface area contributed by atoms with E-state index in [4.69, 9.17) is 5.10 Å². The minimum atomic E-state index is 0. The SMILES string of the molecule is CN=C(NCCN1CCc2ccccc2C1)NC1CCc2cn(C(C)C)nc2C1.I. The summed E-state index contributed by atoms with van der Waals surface area (Å²) < 4.78 is 2.09. The molecule has 0 saturated carbocycles. The fourth-order valence-corrected chi connectivity index (χ4v) is 4.37. The number of nitrogens with zero attached hydrogens (tertiary/aromatic N) is 4. The van der Waals surface area contributed by atoms with Gasteiger partial charge in [-0.05, 0) is 49.8 Å². The Morgan fingerprint density at radius 2 is 2.00 bits per heavy atom. The van der Waals surface area contributed by atoms with Gasteiger partial charge >= 0.3 is 0 Å². The van der Waals surface area contributed by atoms with Crippen LogP contribution in [0.5, 0.6) is 0 Å². The summed E-state index contributed by atoms with van der Waals surface area (Å²) in [7, 11) is 1.86. The Bertz CT molecular complexity index is 859. The highest BCUT2D eigenvalue weighted by Gasteiger charge is 2.23. The van der Waals surface area contributed by atoms with Gasteiger partial charge < -0.3 is 10.6 Å². The summed E-state index contributed by atoms with van der Waals surface area (Å²) in [6, 6.07) is 9.62. The number of aryl methyl sites for hydroxylation is 1. The van der Waals surface area contributed by atoms with Gasteiger partial charge in [0, 0.05) is 57.9 Å². The molecule has 0 amide bonds. The second-order valence-electron chi connectivity index (χ2n) is 8.55. The van der Waals surface area contributed by atoms with E-state index in [0.717, 1.165) is 57.8 Å². The van der Waals surface area contributed by atoms with Crippen LogP contribution in [0.15, 0.2) is 35.5 Å². The zero-order chi connectivity index (χ0) is 20.2. The van der Waals surface area contributed by atoms with E-state index in [1.165, 1.54) is 22.4 Å². The number of hydrogen-bond acceptors (Lipinski definition) is 3. The van der Waals surface area contributed by atoms with E-state index >= 15 is 0 Å². The molecule has 2 N–H and O–H groups in total. The zero-order valence-corrected chi connectivity index (χ0v) is 20.7. The fraction of sp³-hybridized carbons (Fsp3) is 0.565. The molecule has 0 saturated heterocycles. The first-order valence-corrected chi connectivity index (χ1v) is 11.0. The zero-order valence-electron chi connectivity index (χ0n) is 18.4. The standard InChI is InChI=1S/C23H34N6.HI/c1-17(2)29-16-20-8-9-21(14-22(20)27-29)26-23(24-3)25-11-13-28-12-10-18-6-4-5-7-19(18)15-28;/h4-7,16-17,21H,8-15H2,1-3H3,(H2,24,25,26);1H. The normalized spacial score (nSPS) is 19.1. The third-order valence-corrected chi connectivity index (χ3v) is 6.12. The van der Waals surface area contributed by atoms with Gasteiger partial charge in [-0.15, -0.1) is 24.0 Å². The quantitative estimate of drug-likeness (QED) is 0.360. The highest BCUT2D eigenvalue weighted by Crippen LogP contribution is 2.22. The van der Waals surface area contributed by atoms with Crippen LogP contribution in [0, 0.1) is 0 Å². The second kappa shape index (κ2) is 10.6. The molecule has 1 aromatic heterocycles. The van der Waals surface area contributed by atoms with Crippen LogP contribution >= 0.6 is 24.0 Å². The first kappa shape index (κ1) is 23.1. The number of aromatic nitrogens is 2. The molecule has 1 atom stereocenters. The van der Waals surface area contributed by atoms with E-state index < -0.39 is 0 Å². The molecule has 1 aliphatic carbocycles. The Morgan fingerprint density at radius 1 is 1.20 bits per heavy atom. The van der Waals surface area contributed by atoms with Crippen molar-refractivity contribution in [3.05, 3.63) is 52.8 Å². The highest BCUT2D eigenvalue weighted by molar-refractivity contribution is 14.0. The molecule has 4 rings (SSSR count). The molecule has 1 aliphatic heterocycles. The van der Waals surface area contributed by atoms with E-state index in [1.54, 1.807) is 0 Å². The molecule has 1 aromatic carbocycles. The van der Waals surface area contributed by atoms with Crippen molar-refractivity contribution in [2.75, 3.05) is 26.7 Å². The number of hydrogen-bond donors (Lipinski definition) is 2. The van der Waals surface area contributed by atoms with E-state index in [2.05, 4.69) is 69.5 Å². The van der Waals surface area contributed by atoms with Crippen molar-refractivity contribution in [2.24, 2.45) is 4.99 Å². The first-order valence-electron chi connectivity index (χ1n) is 11.0. The van der Waals surface area contributed by atoms with Crippen LogP contribution in [0.1, 0.15) is 48.7 Å². The van der Waals surface area contributed by atoms with Crippen LogP contribution in [0.4, 0.5) is 0 Å². The highest BCUT2D eigenvalue weighted by atomic mass is 127. The summed E-state index contributed by atoms with van der Waals surface area (Å²) in [5, 5.41) is 11.9. The Labute approximate surface area is 197 Å². The van der Waals surface area contributed by atoms with Crippen molar-refractivity contribution >= 4 is 29.9 Å². The van der Waals surface area contributed by atoms with Crippen molar-refractivity contribution < 1.29 is 0 Å². The average molecular weight is 522 g/mol. The maximum atomic E-state index is 4.79. The monoisotopic (exact) mass is 522 g/mol. The number of aliphatic imine (C=N–C) groups is 1. The topological polar surface area (TPSA) is 57.5 Å². The lowest BCUT2D eigenvalue weighted by molar-refractivity contribution is 0.258. The minimum Gasteiger partial charge on any atom is -0.355 e. The van der Waals surface area contributed by atoms with Crippen LogP contribution in [-0.4, -0.2) is 53.4 Å². The lowest BCUT2D eigenvalue weighted by Crippen LogP contribution is -2.47. The van der Waals surface area contributed by atoms with Gasteiger partial charge in [0.15, 0.2) is 5.96 Å². The molecule has 1 unspecified atom stereocenters. The van der Waals surface area contributed by atoms with Gasteiger partial charge in [0.2, 0.25) is 0 Å². The summed E-state index contributed by atoms with van der Waals surface area (Å²) in [5.74, 6) is 0.902. The van der Waals surface area contributed by atoms with Gasteiger partial charge in [0.25, 0.3) is 0 Å². The Balaban J connectivity index is 0.00000256. The van der Waals surface area contributed by atoms with Gasteiger partial charge in [-0.3, -0.25) is 14.6 Å². The van der Waals surface area contributed by atoms with Gasteiger partial charge in [-0.25, -0.2) is 0 Å². The smallest absolute Gasteiger partial charge is 0.191 e. The van der Waals surface area contributed by atoms with Gasteiger partial charge in [0.1, 0.15) is 0 Å². The predicted octanol–water partition coefficient (Wildman–Crippen LogP) is 3.16. The molecule has 2 heterocycles. The van der Waals surface area contributed by atoms with Gasteiger partial charge in [-0.1, -0.05) is 24.3 Å². The van der Waals surface area contributed by atoms with Crippen LogP contribution < -0.4 is 10.6 Å². The molecule has 0 bridgehead atoms. The van der Waals surface area contributed by atoms with E-state index in [0.29, 0.717) is 12.1 Å². The van der Waals surface area contributed by atoms with Crippen molar-refractivity contribution in [1.29, 1.82) is 0 Å². The second-order valence-corrected chi connectivity index (χ2v) is 8.55. The van der Waals surface area contributed by atoms with Crippen molar-refractivity contribution in [3.8, 4) is 0 Å². The fourth-order valence-electron chi connectivity index (χ4n) is 4.37. The molecule has 0 fully saturated rings. The van der Waals surface area contributed by atoms with Crippen molar-refractivity contribution in [2.45, 2.75) is 58.2 Å². The number of nitrogens with one attached hydrogen (secondary N) is 2. The number of fused-ring (bicyclic) bond motifs is 2. The lowest BCUT2D eigenvalue weighted by atomic mass is 9.94. The summed E-state index contributed by atoms with van der Waals surface area (Å²) in [4.78, 5) is 6.96. The van der Waals surface area contributed by atoms with Gasteiger partial charge in [0.05, 0.1) is 5.69 Å². The molecule has 6 nitrogen and oxygen atoms in total. The minimum absolute atomic E-state index is 0. The largest absolute Gasteiger partial charge is 0.355 e. The molecule has 0 radical (unpaired) electrons. The van der Waals surface area contributed by atoms with E-state index in [-0.39, 0.29) is 24.0 Å². The third kappa shape index (κ3) is 5.55. The molecule has 0 spiro atoms. The van der Waals surface area contributed by atoms with E-state index in [1.807, 2.05) is 7.05 Å². The number of halogens is 1. The number of guanidine groups is 1. The maximum absolute atomic E-state index is 4.79. The Hall–Kier alpha value is -1.61. The molecule has 2 aliphatic rings. The van der Waals surface area contributed by atoms with Crippen LogP contribution in [0.3, 0.4) is 0 Å². The molecule has 30 heavy (non-hydrogen) atoms. The van der Waals surface area contributed by atoms with Gasteiger partial charge in [-0.2, -0.15) is 5.10 Å². The summed E-state index contributed by atoms with van der Waals surface area (Å²) in [6.07, 6.45) is 6.56. The molecular formula is C23H35IN6. The summed E-state index contributed by atoms with van der Waals surface area (Å²) in [6.45, 7) is 8.48. The third-order valence-electron chi connectivity index (χ3n) is 6.12. The Morgan fingerprint density at radius 3 is 2.77 bits per heavy atom. The average Bonchev–Trinajstić information content (AvgIpc) is 3.17. The molecule has 164 valence electrons. The van der Waals surface area contributed by atoms with Crippen LogP contribution in [0.25, 0.3) is 0 Å². The lowest BCUT2D eigenvalue weighted by Gasteiger charge is -2.29. The maximum Gasteiger partial charge on any atom is 0.191 e. The van der Waals surface area contributed by atoms with Crippen molar-refractivity contribution in [3.63, 3.8) is 0 Å². The van der Waals surface area contributed by atoms with E-state index in [9.17, 15) is 0 Å². The summed E-state index contributed by atoms with van der Waals surface area (Å²) in [5.41, 5.74) is 5.63.